The Morgan fingerprint density at radius 2 is 2.00 bits per heavy atom. The van der Waals surface area contributed by atoms with E-state index in [-0.39, 0.29) is 11.6 Å². The Balaban J connectivity index is 1.79. The number of benzene rings is 2. The smallest absolute Gasteiger partial charge is 0.387 e. The number of aryl methyl sites for hydroxylation is 1. The Morgan fingerprint density at radius 3 is 2.67 bits per heavy atom. The molecule has 1 N–H and O–H groups in total. The van der Waals surface area contributed by atoms with Gasteiger partial charge in [-0.15, -0.1) is 5.10 Å². The summed E-state index contributed by atoms with van der Waals surface area (Å²) in [6, 6.07) is 14.2. The number of ether oxygens (including phenoxy) is 1. The van der Waals surface area contributed by atoms with Gasteiger partial charge in [-0.05, 0) is 49.4 Å². The van der Waals surface area contributed by atoms with E-state index in [4.69, 9.17) is 5.26 Å². The number of aromatic nitrogens is 3. The lowest BCUT2D eigenvalue weighted by Crippen LogP contribution is -2.14. The molecule has 0 unspecified atom stereocenters. The quantitative estimate of drug-likeness (QED) is 0.745. The lowest BCUT2D eigenvalue weighted by molar-refractivity contribution is -0.0498. The summed E-state index contributed by atoms with van der Waals surface area (Å²) in [5.41, 5.74) is 1.39. The second-order valence-electron chi connectivity index (χ2n) is 5.41. The van der Waals surface area contributed by atoms with E-state index in [2.05, 4.69) is 20.1 Å². The molecule has 0 saturated carbocycles. The number of carbonyl (C=O) groups is 1. The molecule has 1 heterocycles. The van der Waals surface area contributed by atoms with Gasteiger partial charge in [0, 0.05) is 5.69 Å². The van der Waals surface area contributed by atoms with Gasteiger partial charge in [-0.3, -0.25) is 4.79 Å². The van der Waals surface area contributed by atoms with Gasteiger partial charge >= 0.3 is 6.61 Å². The summed E-state index contributed by atoms with van der Waals surface area (Å²) in [6.07, 6.45) is 0. The fourth-order valence-electron chi connectivity index (χ4n) is 2.35. The molecule has 0 radical (unpaired) electrons. The minimum absolute atomic E-state index is 0.0156. The van der Waals surface area contributed by atoms with E-state index in [1.165, 1.54) is 35.0 Å². The average molecular weight is 369 g/mol. The van der Waals surface area contributed by atoms with E-state index in [9.17, 15) is 13.6 Å². The van der Waals surface area contributed by atoms with Crippen LogP contribution in [0, 0.1) is 18.3 Å². The average Bonchev–Trinajstić information content (AvgIpc) is 3.04. The van der Waals surface area contributed by atoms with Crippen molar-refractivity contribution >= 4 is 11.6 Å². The van der Waals surface area contributed by atoms with E-state index >= 15 is 0 Å². The maximum Gasteiger partial charge on any atom is 0.387 e. The van der Waals surface area contributed by atoms with Crippen LogP contribution in [-0.4, -0.2) is 27.3 Å². The first kappa shape index (κ1) is 18.0. The molecule has 2 aromatic carbocycles. The third-order valence-corrected chi connectivity index (χ3v) is 3.53. The molecule has 3 aromatic rings. The van der Waals surface area contributed by atoms with E-state index in [0.29, 0.717) is 22.8 Å². The number of nitriles is 1. The zero-order valence-electron chi connectivity index (χ0n) is 14.1. The molecular weight excluding hydrogens is 356 g/mol. The van der Waals surface area contributed by atoms with Gasteiger partial charge in [0.2, 0.25) is 5.82 Å². The molecule has 0 aliphatic carbocycles. The molecule has 0 aliphatic heterocycles. The molecule has 0 spiro atoms. The van der Waals surface area contributed by atoms with Crippen LogP contribution in [0.1, 0.15) is 22.0 Å². The number of rotatable bonds is 5. The predicted molar refractivity (Wildman–Crippen MR) is 91.8 cm³/mol. The third kappa shape index (κ3) is 4.24. The zero-order chi connectivity index (χ0) is 19.4. The van der Waals surface area contributed by atoms with E-state index in [1.807, 2.05) is 6.07 Å². The lowest BCUT2D eigenvalue weighted by Gasteiger charge is -2.06. The summed E-state index contributed by atoms with van der Waals surface area (Å²) in [7, 11) is 0. The Labute approximate surface area is 152 Å². The van der Waals surface area contributed by atoms with Crippen molar-refractivity contribution in [3.05, 3.63) is 65.7 Å². The Kier molecular flexibility index (Phi) is 5.08. The third-order valence-electron chi connectivity index (χ3n) is 3.53. The number of hydrogen-bond donors (Lipinski definition) is 1. The van der Waals surface area contributed by atoms with Crippen molar-refractivity contribution in [2.45, 2.75) is 13.5 Å². The van der Waals surface area contributed by atoms with Gasteiger partial charge in [0.15, 0.2) is 0 Å². The number of halogens is 2. The minimum Gasteiger partial charge on any atom is -0.435 e. The van der Waals surface area contributed by atoms with Crippen molar-refractivity contribution in [1.29, 1.82) is 5.26 Å². The van der Waals surface area contributed by atoms with E-state index in [1.54, 1.807) is 25.1 Å². The number of alkyl halides is 2. The van der Waals surface area contributed by atoms with Crippen LogP contribution in [-0.2, 0) is 0 Å². The van der Waals surface area contributed by atoms with Crippen LogP contribution in [0.2, 0.25) is 0 Å². The molecule has 3 rings (SSSR count). The fourth-order valence-corrected chi connectivity index (χ4v) is 2.35. The Morgan fingerprint density at radius 1 is 1.26 bits per heavy atom. The number of nitrogens with zero attached hydrogens (tertiary/aromatic N) is 4. The van der Waals surface area contributed by atoms with Crippen LogP contribution in [0.5, 0.6) is 5.75 Å². The molecular formula is C18H13F2N5O2. The van der Waals surface area contributed by atoms with Crippen LogP contribution >= 0.6 is 0 Å². The molecule has 0 saturated heterocycles. The van der Waals surface area contributed by atoms with Crippen molar-refractivity contribution in [3.8, 4) is 17.5 Å². The van der Waals surface area contributed by atoms with Crippen molar-refractivity contribution in [2.24, 2.45) is 0 Å². The molecule has 0 aliphatic rings. The SMILES string of the molecule is Cc1nc(C(=O)Nc2cccc(C#N)c2)nn1-c1ccc(OC(F)F)cc1. The molecule has 0 atom stereocenters. The first-order valence-electron chi connectivity index (χ1n) is 7.76. The topological polar surface area (TPSA) is 92.8 Å². The maximum atomic E-state index is 12.4. The summed E-state index contributed by atoms with van der Waals surface area (Å²) < 4.78 is 30.1. The molecule has 1 aromatic heterocycles. The monoisotopic (exact) mass is 369 g/mol. The van der Waals surface area contributed by atoms with Gasteiger partial charge < -0.3 is 10.1 Å². The van der Waals surface area contributed by atoms with Gasteiger partial charge in [-0.2, -0.15) is 14.0 Å². The normalized spacial score (nSPS) is 10.5. The second-order valence-corrected chi connectivity index (χ2v) is 5.41. The van der Waals surface area contributed by atoms with Gasteiger partial charge in [0.25, 0.3) is 5.91 Å². The highest BCUT2D eigenvalue weighted by Gasteiger charge is 2.16. The van der Waals surface area contributed by atoms with Crippen molar-refractivity contribution in [1.82, 2.24) is 14.8 Å². The maximum absolute atomic E-state index is 12.4. The van der Waals surface area contributed by atoms with Gasteiger partial charge in [0.05, 0.1) is 17.3 Å². The highest BCUT2D eigenvalue weighted by Crippen LogP contribution is 2.18. The molecule has 7 nitrogen and oxygen atoms in total. The number of amides is 1. The Hall–Kier alpha value is -3.80. The van der Waals surface area contributed by atoms with E-state index < -0.39 is 12.5 Å². The highest BCUT2D eigenvalue weighted by atomic mass is 19.3. The summed E-state index contributed by atoms with van der Waals surface area (Å²) in [4.78, 5) is 16.5. The molecule has 27 heavy (non-hydrogen) atoms. The highest BCUT2D eigenvalue weighted by molar-refractivity contribution is 6.01. The number of carbonyl (C=O) groups excluding carboxylic acids is 1. The predicted octanol–water partition coefficient (Wildman–Crippen LogP) is 3.30. The number of hydrogen-bond acceptors (Lipinski definition) is 5. The summed E-state index contributed by atoms with van der Waals surface area (Å²) in [6.45, 7) is -1.25. The molecule has 1 amide bonds. The van der Waals surface area contributed by atoms with Gasteiger partial charge in [-0.1, -0.05) is 6.07 Å². The standard InChI is InChI=1S/C18H13F2N5O2/c1-11-22-16(17(26)23-13-4-2-3-12(9-13)10-21)24-25(11)14-5-7-15(8-6-14)27-18(19)20/h2-9,18H,1H3,(H,23,26). The largest absolute Gasteiger partial charge is 0.435 e. The van der Waals surface area contributed by atoms with E-state index in [0.717, 1.165) is 0 Å². The number of nitrogens with one attached hydrogen (secondary N) is 1. The van der Waals surface area contributed by atoms with Crippen LogP contribution in [0.25, 0.3) is 5.69 Å². The summed E-state index contributed by atoms with van der Waals surface area (Å²) in [5.74, 6) is -0.150. The molecule has 9 heteroatoms. The molecule has 136 valence electrons. The van der Waals surface area contributed by atoms with Crippen molar-refractivity contribution in [3.63, 3.8) is 0 Å². The molecule has 0 fully saturated rings. The minimum atomic E-state index is -2.90. The number of anilines is 1. The Bertz CT molecular complexity index is 1010. The van der Waals surface area contributed by atoms with Crippen LogP contribution in [0.3, 0.4) is 0 Å². The fraction of sp³-hybridized carbons (Fsp3) is 0.111. The van der Waals surface area contributed by atoms with Crippen molar-refractivity contribution < 1.29 is 18.3 Å². The van der Waals surface area contributed by atoms with Crippen LogP contribution in [0.15, 0.2) is 48.5 Å². The first-order chi connectivity index (χ1) is 13.0. The summed E-state index contributed by atoms with van der Waals surface area (Å²) >= 11 is 0. The zero-order valence-corrected chi connectivity index (χ0v) is 14.1. The van der Waals surface area contributed by atoms with Crippen LogP contribution in [0.4, 0.5) is 14.5 Å². The van der Waals surface area contributed by atoms with Gasteiger partial charge in [-0.25, -0.2) is 9.67 Å². The summed E-state index contributed by atoms with van der Waals surface area (Å²) in [5, 5.41) is 15.7. The first-order valence-corrected chi connectivity index (χ1v) is 7.76. The second kappa shape index (κ2) is 7.61. The van der Waals surface area contributed by atoms with Gasteiger partial charge in [0.1, 0.15) is 11.6 Å². The molecule has 0 bridgehead atoms. The van der Waals surface area contributed by atoms with Crippen molar-refractivity contribution in [2.75, 3.05) is 5.32 Å². The van der Waals surface area contributed by atoms with Crippen LogP contribution < -0.4 is 10.1 Å². The lowest BCUT2D eigenvalue weighted by atomic mass is 10.2.